The lowest BCUT2D eigenvalue weighted by Gasteiger charge is -2.41. The van der Waals surface area contributed by atoms with Gasteiger partial charge in [0.25, 0.3) is 0 Å². The molecule has 7 atom stereocenters. The van der Waals surface area contributed by atoms with Gasteiger partial charge in [0, 0.05) is 39.2 Å². The third-order valence-corrected chi connectivity index (χ3v) is 12.8. The van der Waals surface area contributed by atoms with Crippen LogP contribution in [0.2, 0.25) is 0 Å². The average Bonchev–Trinajstić information content (AvgIpc) is 3.68. The van der Waals surface area contributed by atoms with E-state index in [-0.39, 0.29) is 12.2 Å². The number of fused-ring (bicyclic) bond motifs is 10. The Morgan fingerprint density at radius 3 is 2.36 bits per heavy atom. The lowest BCUT2D eigenvalue weighted by Crippen LogP contribution is -2.42. The number of hydrogen-bond acceptors (Lipinski definition) is 2. The van der Waals surface area contributed by atoms with E-state index in [1.165, 1.54) is 88.2 Å². The zero-order valence-corrected chi connectivity index (χ0v) is 28.5. The van der Waals surface area contributed by atoms with E-state index in [9.17, 15) is 0 Å². The Hall–Kier alpha value is -4.96. The first kappa shape index (κ1) is 28.8. The molecule has 0 radical (unpaired) electrons. The van der Waals surface area contributed by atoms with Crippen molar-refractivity contribution < 1.29 is 0 Å². The summed E-state index contributed by atoms with van der Waals surface area (Å²) in [5.74, 6) is 2.02. The third-order valence-electron chi connectivity index (χ3n) is 12.8. The summed E-state index contributed by atoms with van der Waals surface area (Å²) in [5, 5.41) is 12.5. The molecule has 2 N–H and O–H groups in total. The topological polar surface area (TPSA) is 33.9 Å². The maximum Gasteiger partial charge on any atom is 0.128 e. The number of anilines is 2. The van der Waals surface area contributed by atoms with Crippen LogP contribution in [0.5, 0.6) is 0 Å². The molecule has 3 aromatic carbocycles. The fourth-order valence-corrected chi connectivity index (χ4v) is 10.5. The number of rotatable bonds is 3. The highest BCUT2D eigenvalue weighted by Crippen LogP contribution is 2.51. The smallest absolute Gasteiger partial charge is 0.128 e. The average molecular weight is 653 g/mol. The lowest BCUT2D eigenvalue weighted by atomic mass is 9.72. The van der Waals surface area contributed by atoms with Crippen LogP contribution in [0.4, 0.5) is 11.4 Å². The predicted octanol–water partition coefficient (Wildman–Crippen LogP) is 11.3. The summed E-state index contributed by atoms with van der Waals surface area (Å²) in [5.41, 5.74) is 11.0. The molecule has 248 valence electrons. The summed E-state index contributed by atoms with van der Waals surface area (Å²) >= 11 is 0. The predicted molar refractivity (Wildman–Crippen MR) is 209 cm³/mol. The Morgan fingerprint density at radius 1 is 0.640 bits per heavy atom. The fraction of sp³-hybridized carbons (Fsp3) is 0.304. The molecule has 11 rings (SSSR count). The normalized spacial score (nSPS) is 29.3. The van der Waals surface area contributed by atoms with Gasteiger partial charge in [0.1, 0.15) is 6.17 Å². The van der Waals surface area contributed by atoms with Crippen LogP contribution in [-0.2, 0) is 6.42 Å². The van der Waals surface area contributed by atoms with Crippen molar-refractivity contribution in [1.82, 2.24) is 9.13 Å². The molecule has 0 spiro atoms. The first-order valence-corrected chi connectivity index (χ1v) is 19.1. The Labute approximate surface area is 294 Å². The van der Waals surface area contributed by atoms with Gasteiger partial charge in [-0.1, -0.05) is 97.2 Å². The van der Waals surface area contributed by atoms with Crippen LogP contribution in [0.25, 0.3) is 32.7 Å². The summed E-state index contributed by atoms with van der Waals surface area (Å²) < 4.78 is 5.43. The second-order valence-electron chi connectivity index (χ2n) is 15.5. The van der Waals surface area contributed by atoms with E-state index in [2.05, 4.69) is 147 Å². The Bertz CT molecular complexity index is 2370. The van der Waals surface area contributed by atoms with Gasteiger partial charge in [0.05, 0.1) is 34.5 Å². The minimum Gasteiger partial charge on any atom is -0.373 e. The number of benzene rings is 3. The van der Waals surface area contributed by atoms with Crippen molar-refractivity contribution in [2.24, 2.45) is 17.8 Å². The van der Waals surface area contributed by atoms with Crippen LogP contribution in [0.15, 0.2) is 133 Å². The zero-order chi connectivity index (χ0) is 32.8. The van der Waals surface area contributed by atoms with Crippen LogP contribution in [0, 0.1) is 17.8 Å². The molecule has 5 aliphatic carbocycles. The van der Waals surface area contributed by atoms with E-state index in [0.717, 1.165) is 6.42 Å². The molecule has 0 fully saturated rings. The number of para-hydroxylation sites is 3. The second kappa shape index (κ2) is 11.3. The van der Waals surface area contributed by atoms with E-state index < -0.39 is 0 Å². The molecule has 50 heavy (non-hydrogen) atoms. The SMILES string of the molecule is C1=CC2C=CC(C3Nc4ccccc4NC3n3c4c(c5cc6c7ccccc7n(C7C=CCCC7)c6cc53)C3CCC=CC3CC4)=CC2C=C1. The number of nitrogens with zero attached hydrogens (tertiary/aromatic N) is 2. The quantitative estimate of drug-likeness (QED) is 0.190. The van der Waals surface area contributed by atoms with Crippen molar-refractivity contribution >= 4 is 44.1 Å². The van der Waals surface area contributed by atoms with Crippen LogP contribution < -0.4 is 10.6 Å². The van der Waals surface area contributed by atoms with E-state index in [1.54, 1.807) is 11.3 Å². The van der Waals surface area contributed by atoms with Crippen LogP contribution in [0.1, 0.15) is 67.9 Å². The van der Waals surface area contributed by atoms with Gasteiger partial charge in [0.15, 0.2) is 0 Å². The van der Waals surface area contributed by atoms with Crippen molar-refractivity contribution in [3.05, 3.63) is 144 Å². The molecule has 2 aromatic heterocycles. The molecule has 6 aliphatic rings. The summed E-state index contributed by atoms with van der Waals surface area (Å²) in [4.78, 5) is 0. The molecule has 0 amide bonds. The molecule has 0 saturated heterocycles. The van der Waals surface area contributed by atoms with Gasteiger partial charge in [-0.2, -0.15) is 0 Å². The maximum absolute atomic E-state index is 4.15. The Balaban J connectivity index is 1.18. The molecule has 4 nitrogen and oxygen atoms in total. The minimum atomic E-state index is 0.0206. The van der Waals surface area contributed by atoms with Crippen molar-refractivity contribution in [2.75, 3.05) is 10.6 Å². The molecule has 7 unspecified atom stereocenters. The second-order valence-corrected chi connectivity index (χ2v) is 15.5. The largest absolute Gasteiger partial charge is 0.373 e. The monoisotopic (exact) mass is 652 g/mol. The summed E-state index contributed by atoms with van der Waals surface area (Å²) in [7, 11) is 0. The highest BCUT2D eigenvalue weighted by atomic mass is 15.3. The van der Waals surface area contributed by atoms with Gasteiger partial charge < -0.3 is 19.8 Å². The van der Waals surface area contributed by atoms with E-state index in [1.807, 2.05) is 0 Å². The van der Waals surface area contributed by atoms with Crippen molar-refractivity contribution in [3.8, 4) is 0 Å². The molecular formula is C46H44N4. The third kappa shape index (κ3) is 4.30. The van der Waals surface area contributed by atoms with Crippen molar-refractivity contribution in [3.63, 3.8) is 0 Å². The number of allylic oxidation sites excluding steroid dienone is 10. The van der Waals surface area contributed by atoms with E-state index in [4.69, 9.17) is 0 Å². The van der Waals surface area contributed by atoms with Crippen LogP contribution in [-0.4, -0.2) is 15.2 Å². The number of nitrogens with one attached hydrogen (secondary N) is 2. The van der Waals surface area contributed by atoms with E-state index in [0.29, 0.717) is 29.7 Å². The summed E-state index contributed by atoms with van der Waals surface area (Å²) in [6.07, 6.45) is 34.7. The van der Waals surface area contributed by atoms with Gasteiger partial charge in [-0.25, -0.2) is 0 Å². The lowest BCUT2D eigenvalue weighted by molar-refractivity contribution is 0.393. The molecule has 5 aromatic rings. The van der Waals surface area contributed by atoms with Crippen LogP contribution >= 0.6 is 0 Å². The number of aromatic nitrogens is 2. The molecular weight excluding hydrogens is 609 g/mol. The Kier molecular flexibility index (Phi) is 6.51. The van der Waals surface area contributed by atoms with E-state index >= 15 is 0 Å². The Morgan fingerprint density at radius 2 is 1.46 bits per heavy atom. The summed E-state index contributed by atoms with van der Waals surface area (Å²) in [6.45, 7) is 0. The molecule has 1 aliphatic heterocycles. The van der Waals surface area contributed by atoms with Gasteiger partial charge in [-0.05, 0) is 98.2 Å². The highest BCUT2D eigenvalue weighted by molar-refractivity contribution is 6.13. The van der Waals surface area contributed by atoms with Gasteiger partial charge in [0.2, 0.25) is 0 Å². The summed E-state index contributed by atoms with van der Waals surface area (Å²) in [6, 6.07) is 23.6. The first-order valence-electron chi connectivity index (χ1n) is 19.1. The van der Waals surface area contributed by atoms with Crippen LogP contribution in [0.3, 0.4) is 0 Å². The fourth-order valence-electron chi connectivity index (χ4n) is 10.5. The molecule has 0 saturated carbocycles. The van der Waals surface area contributed by atoms with Crippen molar-refractivity contribution in [1.29, 1.82) is 0 Å². The zero-order valence-electron chi connectivity index (χ0n) is 28.5. The standard InChI is InChI=1S/C46H44N4/c1-2-15-33(16-3-1)49-40-21-11-8-18-35(40)36-27-37-43(28-42(36)49)50(41-25-24-30-13-6-7-17-34(30)44(37)41)46-45(47-38-19-9-10-20-39(38)48-46)32-23-22-29-12-4-5-14-31(29)26-32/h2,4-6,8-15,18-23,26-31,33-34,45-48H,1,3,7,16-17,24-25H2. The maximum atomic E-state index is 4.15. The van der Waals surface area contributed by atoms with Gasteiger partial charge in [-0.15, -0.1) is 0 Å². The molecule has 0 bridgehead atoms. The van der Waals surface area contributed by atoms with Crippen molar-refractivity contribution in [2.45, 2.75) is 69.1 Å². The minimum absolute atomic E-state index is 0.0206. The molecule has 3 heterocycles. The first-order chi connectivity index (χ1) is 24.8. The molecule has 4 heteroatoms. The number of hydrogen-bond donors (Lipinski definition) is 2. The highest BCUT2D eigenvalue weighted by Gasteiger charge is 2.40. The van der Waals surface area contributed by atoms with Gasteiger partial charge >= 0.3 is 0 Å². The van der Waals surface area contributed by atoms with Gasteiger partial charge in [-0.3, -0.25) is 0 Å².